The Kier molecular flexibility index (Phi) is 6.38. The van der Waals surface area contributed by atoms with Gasteiger partial charge in [-0.1, -0.05) is 6.92 Å². The highest BCUT2D eigenvalue weighted by atomic mass is 19.1. The van der Waals surface area contributed by atoms with Crippen LogP contribution in [-0.4, -0.2) is 6.54 Å². The summed E-state index contributed by atoms with van der Waals surface area (Å²) in [6.07, 6.45) is 8.50. The van der Waals surface area contributed by atoms with Crippen LogP contribution in [0.4, 0.5) is 8.78 Å². The average Bonchev–Trinajstić information content (AvgIpc) is 2.32. The Hall–Kier alpha value is -1.40. The van der Waals surface area contributed by atoms with Crippen molar-refractivity contribution in [3.8, 4) is 12.3 Å². The molecule has 18 heavy (non-hydrogen) atoms. The van der Waals surface area contributed by atoms with Gasteiger partial charge in [0.15, 0.2) is 0 Å². The maximum Gasteiger partial charge on any atom is 0.126 e. The molecule has 1 aromatic carbocycles. The smallest absolute Gasteiger partial charge is 0.126 e. The van der Waals surface area contributed by atoms with E-state index in [2.05, 4.69) is 18.2 Å². The highest BCUT2D eigenvalue weighted by molar-refractivity contribution is 5.21. The number of hydrogen-bond acceptors (Lipinski definition) is 1. The van der Waals surface area contributed by atoms with Crippen LogP contribution < -0.4 is 5.32 Å². The summed E-state index contributed by atoms with van der Waals surface area (Å²) in [5.41, 5.74) is 0.651. The lowest BCUT2D eigenvalue weighted by Crippen LogP contribution is -2.22. The Bertz CT molecular complexity index is 389. The molecule has 0 aliphatic heterocycles. The summed E-state index contributed by atoms with van der Waals surface area (Å²) >= 11 is 0. The van der Waals surface area contributed by atoms with Gasteiger partial charge < -0.3 is 5.32 Å². The van der Waals surface area contributed by atoms with E-state index in [0.717, 1.165) is 31.9 Å². The van der Waals surface area contributed by atoms with Gasteiger partial charge in [0, 0.05) is 18.5 Å². The number of hydrogen-bond donors (Lipinski definition) is 1. The zero-order chi connectivity index (χ0) is 13.4. The number of terminal acetylenes is 1. The van der Waals surface area contributed by atoms with Crippen LogP contribution in [0.15, 0.2) is 18.2 Å². The first-order valence-electron chi connectivity index (χ1n) is 6.30. The molecule has 1 N–H and O–H groups in total. The second kappa shape index (κ2) is 7.84. The summed E-state index contributed by atoms with van der Waals surface area (Å²) in [5, 5.41) is 3.30. The van der Waals surface area contributed by atoms with Crippen LogP contribution in [-0.2, 0) is 0 Å². The fourth-order valence-electron chi connectivity index (χ4n) is 1.89. The van der Waals surface area contributed by atoms with Gasteiger partial charge >= 0.3 is 0 Å². The van der Waals surface area contributed by atoms with Crippen LogP contribution in [0.1, 0.15) is 44.2 Å². The zero-order valence-electron chi connectivity index (χ0n) is 10.7. The van der Waals surface area contributed by atoms with Gasteiger partial charge in [-0.3, -0.25) is 0 Å². The first-order valence-corrected chi connectivity index (χ1v) is 6.30. The summed E-state index contributed by atoms with van der Waals surface area (Å²) < 4.78 is 26.4. The first-order chi connectivity index (χ1) is 8.67. The largest absolute Gasteiger partial charge is 0.310 e. The molecule has 1 nitrogen and oxygen atoms in total. The molecule has 0 spiro atoms. The summed E-state index contributed by atoms with van der Waals surface area (Å²) in [6.45, 7) is 2.87. The van der Waals surface area contributed by atoms with Gasteiger partial charge in [0.05, 0.1) is 0 Å². The molecule has 0 saturated heterocycles. The number of unbranched alkanes of at least 4 members (excludes halogenated alkanes) is 1. The fraction of sp³-hybridized carbons (Fsp3) is 0.467. The van der Waals surface area contributed by atoms with Gasteiger partial charge in [0.2, 0.25) is 0 Å². The molecule has 0 bridgehead atoms. The minimum atomic E-state index is -0.537. The Balaban J connectivity index is 2.76. The quantitative estimate of drug-likeness (QED) is 0.574. The van der Waals surface area contributed by atoms with Gasteiger partial charge in [-0.25, -0.2) is 8.78 Å². The molecule has 0 amide bonds. The van der Waals surface area contributed by atoms with Gasteiger partial charge in [-0.15, -0.1) is 12.3 Å². The van der Waals surface area contributed by atoms with Crippen molar-refractivity contribution in [3.05, 3.63) is 35.4 Å². The third-order valence-electron chi connectivity index (χ3n) is 2.74. The summed E-state index contributed by atoms with van der Waals surface area (Å²) in [7, 11) is 0. The van der Waals surface area contributed by atoms with Gasteiger partial charge in [-0.2, -0.15) is 0 Å². The molecular formula is C15H19F2N. The molecule has 0 heterocycles. The monoisotopic (exact) mass is 251 g/mol. The van der Waals surface area contributed by atoms with Crippen LogP contribution >= 0.6 is 0 Å². The second-order valence-corrected chi connectivity index (χ2v) is 4.31. The summed E-state index contributed by atoms with van der Waals surface area (Å²) in [4.78, 5) is 0. The Morgan fingerprint density at radius 3 is 2.50 bits per heavy atom. The van der Waals surface area contributed by atoms with E-state index < -0.39 is 11.6 Å². The van der Waals surface area contributed by atoms with Crippen LogP contribution in [0.2, 0.25) is 0 Å². The lowest BCUT2D eigenvalue weighted by Gasteiger charge is -2.18. The van der Waals surface area contributed by atoms with E-state index in [9.17, 15) is 8.78 Å². The van der Waals surface area contributed by atoms with E-state index in [1.54, 1.807) is 0 Å². The SMILES string of the molecule is C#CCCCC(NCCC)c1cc(F)cc(F)c1. The van der Waals surface area contributed by atoms with Crippen molar-refractivity contribution in [2.45, 2.75) is 38.6 Å². The first kappa shape index (κ1) is 14.7. The lowest BCUT2D eigenvalue weighted by molar-refractivity contribution is 0.479. The zero-order valence-corrected chi connectivity index (χ0v) is 10.7. The Morgan fingerprint density at radius 2 is 1.94 bits per heavy atom. The maximum absolute atomic E-state index is 13.2. The number of benzene rings is 1. The molecule has 1 unspecified atom stereocenters. The second-order valence-electron chi connectivity index (χ2n) is 4.31. The maximum atomic E-state index is 13.2. The molecule has 0 saturated carbocycles. The van der Waals surface area contributed by atoms with Crippen LogP contribution in [0.3, 0.4) is 0 Å². The van der Waals surface area contributed by atoms with E-state index >= 15 is 0 Å². The molecular weight excluding hydrogens is 232 g/mol. The van der Waals surface area contributed by atoms with Crippen molar-refractivity contribution >= 4 is 0 Å². The molecule has 1 rings (SSSR count). The summed E-state index contributed by atoms with van der Waals surface area (Å²) in [6, 6.07) is 3.61. The predicted molar refractivity (Wildman–Crippen MR) is 70.1 cm³/mol. The van der Waals surface area contributed by atoms with Gasteiger partial charge in [0.1, 0.15) is 11.6 Å². The van der Waals surface area contributed by atoms with Crippen molar-refractivity contribution in [2.75, 3.05) is 6.54 Å². The minimum absolute atomic E-state index is 0.0384. The van der Waals surface area contributed by atoms with Crippen molar-refractivity contribution in [1.82, 2.24) is 5.32 Å². The van der Waals surface area contributed by atoms with E-state index in [1.807, 2.05) is 0 Å². The molecule has 98 valence electrons. The van der Waals surface area contributed by atoms with Crippen molar-refractivity contribution < 1.29 is 8.78 Å². The highest BCUT2D eigenvalue weighted by Crippen LogP contribution is 2.21. The predicted octanol–water partition coefficient (Wildman–Crippen LogP) is 3.81. The van der Waals surface area contributed by atoms with Crippen LogP contribution in [0.5, 0.6) is 0 Å². The molecule has 1 aromatic rings. The van der Waals surface area contributed by atoms with Crippen LogP contribution in [0, 0.1) is 24.0 Å². The summed E-state index contributed by atoms with van der Waals surface area (Å²) in [5.74, 6) is 1.50. The molecule has 3 heteroatoms. The van der Waals surface area contributed by atoms with Crippen molar-refractivity contribution in [1.29, 1.82) is 0 Å². The number of rotatable bonds is 7. The number of nitrogens with one attached hydrogen (secondary N) is 1. The Labute approximate surface area is 108 Å². The third kappa shape index (κ3) is 4.85. The van der Waals surface area contributed by atoms with Gasteiger partial charge in [0.25, 0.3) is 0 Å². The normalized spacial score (nSPS) is 12.1. The molecule has 0 aliphatic carbocycles. The van der Waals surface area contributed by atoms with Gasteiger partial charge in [-0.05, 0) is 43.5 Å². The molecule has 0 aromatic heterocycles. The van der Waals surface area contributed by atoms with Crippen molar-refractivity contribution in [3.63, 3.8) is 0 Å². The highest BCUT2D eigenvalue weighted by Gasteiger charge is 2.12. The average molecular weight is 251 g/mol. The molecule has 0 fully saturated rings. The Morgan fingerprint density at radius 1 is 1.28 bits per heavy atom. The minimum Gasteiger partial charge on any atom is -0.310 e. The van der Waals surface area contributed by atoms with Crippen LogP contribution in [0.25, 0.3) is 0 Å². The fourth-order valence-corrected chi connectivity index (χ4v) is 1.89. The number of halogens is 2. The molecule has 1 atom stereocenters. The standard InChI is InChI=1S/C15H19F2N/c1-3-5-6-7-15(18-8-4-2)12-9-13(16)11-14(17)10-12/h1,9-11,15,18H,4-8H2,2H3. The third-order valence-corrected chi connectivity index (χ3v) is 2.74. The van der Waals surface area contributed by atoms with E-state index in [-0.39, 0.29) is 6.04 Å². The lowest BCUT2D eigenvalue weighted by atomic mass is 10.0. The molecule has 0 radical (unpaired) electrons. The van der Waals surface area contributed by atoms with E-state index in [4.69, 9.17) is 6.42 Å². The topological polar surface area (TPSA) is 12.0 Å². The molecule has 0 aliphatic rings. The van der Waals surface area contributed by atoms with E-state index in [1.165, 1.54) is 12.1 Å². The van der Waals surface area contributed by atoms with E-state index in [0.29, 0.717) is 12.0 Å². The van der Waals surface area contributed by atoms with Crippen molar-refractivity contribution in [2.24, 2.45) is 0 Å².